The number of aliphatic hydroxyl groups excluding tert-OH is 1. The molecule has 0 aliphatic carbocycles. The van der Waals surface area contributed by atoms with Crippen LogP contribution in [0.3, 0.4) is 0 Å². The molecule has 3 aromatic rings. The average molecular weight is 397 g/mol. The van der Waals surface area contributed by atoms with Crippen molar-refractivity contribution in [2.45, 2.75) is 26.9 Å². The maximum absolute atomic E-state index is 10.7. The van der Waals surface area contributed by atoms with Crippen molar-refractivity contribution < 1.29 is 14.9 Å². The summed E-state index contributed by atoms with van der Waals surface area (Å²) in [5, 5.41) is 28.3. The lowest BCUT2D eigenvalue weighted by Crippen LogP contribution is -2.37. The van der Waals surface area contributed by atoms with E-state index >= 15 is 0 Å². The quantitative estimate of drug-likeness (QED) is 0.621. The van der Waals surface area contributed by atoms with E-state index in [-0.39, 0.29) is 5.75 Å². The molecule has 1 atom stereocenters. The zero-order valence-electron chi connectivity index (χ0n) is 17.0. The molecule has 0 radical (unpaired) electrons. The molecule has 0 bridgehead atoms. The number of fused-ring (bicyclic) bond motifs is 1. The Bertz CT molecular complexity index is 978. The summed E-state index contributed by atoms with van der Waals surface area (Å²) in [5.41, 5.74) is 2.07. The molecular weight excluding hydrogens is 370 g/mol. The lowest BCUT2D eigenvalue weighted by molar-refractivity contribution is 0.122. The molecule has 4 rings (SSSR count). The molecule has 3 heterocycles. The van der Waals surface area contributed by atoms with E-state index < -0.39 is 6.10 Å². The van der Waals surface area contributed by atoms with Gasteiger partial charge in [-0.2, -0.15) is 5.10 Å². The SMILES string of the molecule is CC.CC(O)/C=C/c1nc(-c2cccc3[nH]ncc23)nc(N2CCOCC2)c1O. The third-order valence-corrected chi connectivity index (χ3v) is 4.46. The Hall–Kier alpha value is -2.97. The van der Waals surface area contributed by atoms with Crippen LogP contribution >= 0.6 is 0 Å². The average Bonchev–Trinajstić information content (AvgIpc) is 3.24. The van der Waals surface area contributed by atoms with Gasteiger partial charge in [-0.25, -0.2) is 9.97 Å². The fourth-order valence-corrected chi connectivity index (χ4v) is 3.09. The van der Waals surface area contributed by atoms with E-state index in [9.17, 15) is 10.2 Å². The summed E-state index contributed by atoms with van der Waals surface area (Å²) in [4.78, 5) is 11.2. The van der Waals surface area contributed by atoms with Gasteiger partial charge in [0.15, 0.2) is 17.4 Å². The number of nitrogens with one attached hydrogen (secondary N) is 1. The number of hydrogen-bond acceptors (Lipinski definition) is 7. The van der Waals surface area contributed by atoms with Crippen LogP contribution in [0.4, 0.5) is 5.82 Å². The first-order valence-electron chi connectivity index (χ1n) is 9.86. The Kier molecular flexibility index (Phi) is 6.79. The van der Waals surface area contributed by atoms with E-state index in [0.29, 0.717) is 43.6 Å². The van der Waals surface area contributed by atoms with Crippen molar-refractivity contribution in [2.75, 3.05) is 31.2 Å². The Morgan fingerprint density at radius 3 is 2.69 bits per heavy atom. The molecule has 0 saturated carbocycles. The summed E-state index contributed by atoms with van der Waals surface area (Å²) in [6.07, 6.45) is 4.28. The van der Waals surface area contributed by atoms with Crippen LogP contribution in [0.2, 0.25) is 0 Å². The molecular formula is C21H27N5O3. The molecule has 1 unspecified atom stereocenters. The van der Waals surface area contributed by atoms with Gasteiger partial charge in [-0.05, 0) is 19.1 Å². The van der Waals surface area contributed by atoms with Gasteiger partial charge in [-0.1, -0.05) is 32.1 Å². The van der Waals surface area contributed by atoms with Crippen LogP contribution in [0.5, 0.6) is 5.75 Å². The molecule has 29 heavy (non-hydrogen) atoms. The summed E-state index contributed by atoms with van der Waals surface area (Å²) < 4.78 is 5.41. The molecule has 1 aromatic carbocycles. The standard InChI is InChI=1S/C19H21N5O3.C2H6/c1-12(25)5-6-16-17(26)19(24-7-9-27-10-8-24)22-18(21-16)13-3-2-4-15-14(13)11-20-23-15;1-2/h2-6,11-12,25-26H,7-10H2,1H3,(H,20,23);1-2H3/b6-5+;. The van der Waals surface area contributed by atoms with Gasteiger partial charge in [0.2, 0.25) is 0 Å². The maximum Gasteiger partial charge on any atom is 0.184 e. The number of rotatable bonds is 4. The van der Waals surface area contributed by atoms with Gasteiger partial charge in [-0.3, -0.25) is 5.10 Å². The number of anilines is 1. The molecule has 2 aromatic heterocycles. The molecule has 0 spiro atoms. The molecule has 8 nitrogen and oxygen atoms in total. The highest BCUT2D eigenvalue weighted by Crippen LogP contribution is 2.34. The summed E-state index contributed by atoms with van der Waals surface area (Å²) in [7, 11) is 0. The summed E-state index contributed by atoms with van der Waals surface area (Å²) in [6, 6.07) is 5.77. The van der Waals surface area contributed by atoms with Crippen LogP contribution in [0.25, 0.3) is 28.4 Å². The first-order chi connectivity index (χ1) is 14.1. The minimum absolute atomic E-state index is 0.00285. The van der Waals surface area contributed by atoms with Crippen LogP contribution < -0.4 is 4.90 Å². The van der Waals surface area contributed by atoms with Gasteiger partial charge in [0.25, 0.3) is 0 Å². The van der Waals surface area contributed by atoms with E-state index in [1.54, 1.807) is 25.3 Å². The summed E-state index contributed by atoms with van der Waals surface area (Å²) in [5.74, 6) is 0.956. The molecule has 1 saturated heterocycles. The van der Waals surface area contributed by atoms with E-state index in [0.717, 1.165) is 16.5 Å². The largest absolute Gasteiger partial charge is 0.503 e. The van der Waals surface area contributed by atoms with Crippen molar-refractivity contribution in [3.63, 3.8) is 0 Å². The number of H-pyrrole nitrogens is 1. The molecule has 0 amide bonds. The lowest BCUT2D eigenvalue weighted by Gasteiger charge is -2.28. The van der Waals surface area contributed by atoms with Crippen molar-refractivity contribution in [1.29, 1.82) is 0 Å². The monoisotopic (exact) mass is 397 g/mol. The molecule has 1 aliphatic rings. The van der Waals surface area contributed by atoms with E-state index in [1.165, 1.54) is 0 Å². The fraction of sp³-hybridized carbons (Fsp3) is 0.381. The smallest absolute Gasteiger partial charge is 0.184 e. The second kappa shape index (κ2) is 9.49. The lowest BCUT2D eigenvalue weighted by atomic mass is 10.1. The van der Waals surface area contributed by atoms with Crippen LogP contribution in [0.15, 0.2) is 30.5 Å². The van der Waals surface area contributed by atoms with Crippen molar-refractivity contribution in [1.82, 2.24) is 20.2 Å². The first-order valence-corrected chi connectivity index (χ1v) is 9.86. The maximum atomic E-state index is 10.7. The Labute approximate surface area is 169 Å². The Morgan fingerprint density at radius 1 is 1.21 bits per heavy atom. The van der Waals surface area contributed by atoms with Gasteiger partial charge < -0.3 is 19.8 Å². The first kappa shape index (κ1) is 20.8. The van der Waals surface area contributed by atoms with Crippen molar-refractivity contribution in [2.24, 2.45) is 0 Å². The van der Waals surface area contributed by atoms with Gasteiger partial charge in [-0.15, -0.1) is 0 Å². The highest BCUT2D eigenvalue weighted by Gasteiger charge is 2.21. The second-order valence-electron chi connectivity index (χ2n) is 6.44. The predicted molar refractivity (Wildman–Crippen MR) is 114 cm³/mol. The number of morpholine rings is 1. The van der Waals surface area contributed by atoms with Crippen molar-refractivity contribution in [3.8, 4) is 17.1 Å². The third-order valence-electron chi connectivity index (χ3n) is 4.46. The van der Waals surface area contributed by atoms with Gasteiger partial charge in [0.05, 0.1) is 31.0 Å². The van der Waals surface area contributed by atoms with Crippen molar-refractivity contribution in [3.05, 3.63) is 36.2 Å². The van der Waals surface area contributed by atoms with Crippen LogP contribution in [-0.4, -0.2) is 62.8 Å². The van der Waals surface area contributed by atoms with Gasteiger partial charge in [0, 0.05) is 24.0 Å². The molecule has 154 valence electrons. The van der Waals surface area contributed by atoms with Gasteiger partial charge >= 0.3 is 0 Å². The zero-order chi connectivity index (χ0) is 20.8. The molecule has 8 heteroatoms. The molecule has 1 fully saturated rings. The van der Waals surface area contributed by atoms with E-state index in [2.05, 4.69) is 20.2 Å². The number of aromatic nitrogens is 4. The molecule has 3 N–H and O–H groups in total. The Balaban J connectivity index is 0.00000117. The number of aromatic hydroxyl groups is 1. The van der Waals surface area contributed by atoms with E-state index in [1.807, 2.05) is 36.9 Å². The van der Waals surface area contributed by atoms with Gasteiger partial charge in [0.1, 0.15) is 5.69 Å². The Morgan fingerprint density at radius 2 is 1.97 bits per heavy atom. The number of benzene rings is 1. The fourth-order valence-electron chi connectivity index (χ4n) is 3.09. The van der Waals surface area contributed by atoms with Crippen LogP contribution in [0, 0.1) is 0 Å². The topological polar surface area (TPSA) is 107 Å². The van der Waals surface area contributed by atoms with E-state index in [4.69, 9.17) is 4.74 Å². The summed E-state index contributed by atoms with van der Waals surface area (Å²) >= 11 is 0. The normalized spacial score (nSPS) is 15.4. The minimum Gasteiger partial charge on any atom is -0.503 e. The van der Waals surface area contributed by atoms with Crippen LogP contribution in [0.1, 0.15) is 26.5 Å². The number of ether oxygens (including phenoxy) is 1. The number of aliphatic hydroxyl groups is 1. The second-order valence-corrected chi connectivity index (χ2v) is 6.44. The highest BCUT2D eigenvalue weighted by molar-refractivity contribution is 5.92. The number of nitrogens with zero attached hydrogens (tertiary/aromatic N) is 4. The molecule has 1 aliphatic heterocycles. The zero-order valence-corrected chi connectivity index (χ0v) is 17.0. The van der Waals surface area contributed by atoms with Crippen molar-refractivity contribution >= 4 is 22.8 Å². The highest BCUT2D eigenvalue weighted by atomic mass is 16.5. The third kappa shape index (κ3) is 4.55. The predicted octanol–water partition coefficient (Wildman–Crippen LogP) is 2.98. The number of aromatic amines is 1. The summed E-state index contributed by atoms with van der Waals surface area (Å²) in [6.45, 7) is 8.08. The van der Waals surface area contributed by atoms with Crippen LogP contribution in [-0.2, 0) is 4.74 Å². The minimum atomic E-state index is -0.646. The number of hydrogen-bond donors (Lipinski definition) is 3.